The van der Waals surface area contributed by atoms with Gasteiger partial charge in [-0.15, -0.1) is 24.0 Å². The molecule has 0 aliphatic carbocycles. The first-order valence-corrected chi connectivity index (χ1v) is 8.47. The Bertz CT molecular complexity index is 627. The van der Waals surface area contributed by atoms with Crippen molar-refractivity contribution in [3.05, 3.63) is 66.0 Å². The Labute approximate surface area is 168 Å². The maximum Gasteiger partial charge on any atom is 0.191 e. The Kier molecular flexibility index (Phi) is 9.49. The van der Waals surface area contributed by atoms with E-state index in [1.54, 1.807) is 7.05 Å². The van der Waals surface area contributed by atoms with E-state index in [4.69, 9.17) is 0 Å². The number of hydrogen-bond donors (Lipinski definition) is 2. The zero-order valence-electron chi connectivity index (χ0n) is 15.3. The fraction of sp³-hybridized carbons (Fsp3) is 0.400. The van der Waals surface area contributed by atoms with Crippen LogP contribution in [-0.4, -0.2) is 31.1 Å². The topological polar surface area (TPSA) is 49.3 Å². The highest BCUT2D eigenvalue weighted by Crippen LogP contribution is 2.20. The van der Waals surface area contributed by atoms with Crippen LogP contribution in [0.3, 0.4) is 0 Å². The molecule has 5 heteroatoms. The summed E-state index contributed by atoms with van der Waals surface area (Å²) in [5.74, 6) is 0.840. The average molecular weight is 452 g/mol. The summed E-state index contributed by atoms with van der Waals surface area (Å²) >= 11 is 0. The van der Waals surface area contributed by atoms with Crippen molar-refractivity contribution in [1.29, 1.82) is 0 Å². The second-order valence-electron chi connectivity index (χ2n) is 6.75. The monoisotopic (exact) mass is 452 g/mol. The van der Waals surface area contributed by atoms with Gasteiger partial charge in [-0.2, -0.15) is 0 Å². The van der Waals surface area contributed by atoms with E-state index in [-0.39, 0.29) is 29.4 Å². The number of nitrogens with zero attached hydrogens (tertiary/aromatic N) is 2. The van der Waals surface area contributed by atoms with Crippen molar-refractivity contribution in [3.63, 3.8) is 0 Å². The molecule has 1 aromatic carbocycles. The van der Waals surface area contributed by atoms with Crippen LogP contribution in [0.25, 0.3) is 0 Å². The van der Waals surface area contributed by atoms with Crippen LogP contribution in [0.5, 0.6) is 0 Å². The predicted molar refractivity (Wildman–Crippen MR) is 117 cm³/mol. The van der Waals surface area contributed by atoms with Gasteiger partial charge >= 0.3 is 0 Å². The SMILES string of the molecule is CN=C(NCCc1ccccn1)NCC(C)(C)Cc1ccccc1.I. The summed E-state index contributed by atoms with van der Waals surface area (Å²) in [6.45, 7) is 6.23. The van der Waals surface area contributed by atoms with Crippen molar-refractivity contribution in [3.8, 4) is 0 Å². The van der Waals surface area contributed by atoms with E-state index in [0.29, 0.717) is 0 Å². The zero-order chi connectivity index (χ0) is 17.3. The summed E-state index contributed by atoms with van der Waals surface area (Å²) in [7, 11) is 1.81. The van der Waals surface area contributed by atoms with Crippen molar-refractivity contribution in [2.45, 2.75) is 26.7 Å². The van der Waals surface area contributed by atoms with Crippen LogP contribution in [-0.2, 0) is 12.8 Å². The summed E-state index contributed by atoms with van der Waals surface area (Å²) in [4.78, 5) is 8.64. The van der Waals surface area contributed by atoms with Gasteiger partial charge < -0.3 is 10.6 Å². The number of rotatable bonds is 7. The van der Waals surface area contributed by atoms with Crippen LogP contribution in [0.15, 0.2) is 59.7 Å². The number of pyridine rings is 1. The number of nitrogens with one attached hydrogen (secondary N) is 2. The van der Waals surface area contributed by atoms with Crippen LogP contribution in [0, 0.1) is 5.41 Å². The largest absolute Gasteiger partial charge is 0.356 e. The number of aromatic nitrogens is 1. The van der Waals surface area contributed by atoms with E-state index in [1.165, 1.54) is 5.56 Å². The van der Waals surface area contributed by atoms with Crippen molar-refractivity contribution in [2.24, 2.45) is 10.4 Å². The Balaban J connectivity index is 0.00000312. The molecular weight excluding hydrogens is 423 g/mol. The van der Waals surface area contributed by atoms with E-state index in [9.17, 15) is 0 Å². The number of hydrogen-bond acceptors (Lipinski definition) is 2. The summed E-state index contributed by atoms with van der Waals surface area (Å²) in [6.07, 6.45) is 3.75. The second kappa shape index (κ2) is 11.1. The van der Waals surface area contributed by atoms with Gasteiger partial charge in [-0.1, -0.05) is 50.2 Å². The van der Waals surface area contributed by atoms with Gasteiger partial charge in [0.05, 0.1) is 0 Å². The lowest BCUT2D eigenvalue weighted by atomic mass is 9.86. The minimum Gasteiger partial charge on any atom is -0.356 e. The van der Waals surface area contributed by atoms with E-state index < -0.39 is 0 Å². The molecule has 0 radical (unpaired) electrons. The molecule has 4 nitrogen and oxygen atoms in total. The number of guanidine groups is 1. The highest BCUT2D eigenvalue weighted by molar-refractivity contribution is 14.0. The molecule has 136 valence electrons. The molecule has 1 aromatic heterocycles. The zero-order valence-corrected chi connectivity index (χ0v) is 17.7. The molecule has 25 heavy (non-hydrogen) atoms. The van der Waals surface area contributed by atoms with E-state index in [0.717, 1.165) is 37.6 Å². The third kappa shape index (κ3) is 8.34. The van der Waals surface area contributed by atoms with E-state index in [2.05, 4.69) is 64.8 Å². The summed E-state index contributed by atoms with van der Waals surface area (Å²) in [5.41, 5.74) is 2.60. The van der Waals surface area contributed by atoms with Crippen LogP contribution in [0.1, 0.15) is 25.1 Å². The summed E-state index contributed by atoms with van der Waals surface area (Å²) in [6, 6.07) is 16.6. The van der Waals surface area contributed by atoms with Crippen LogP contribution >= 0.6 is 24.0 Å². The van der Waals surface area contributed by atoms with Crippen LogP contribution in [0.4, 0.5) is 0 Å². The van der Waals surface area contributed by atoms with Crippen LogP contribution < -0.4 is 10.6 Å². The molecule has 2 N–H and O–H groups in total. The smallest absolute Gasteiger partial charge is 0.191 e. The Morgan fingerprint density at radius 1 is 1.04 bits per heavy atom. The molecule has 0 spiro atoms. The third-order valence-corrected chi connectivity index (χ3v) is 3.88. The lowest BCUT2D eigenvalue weighted by Gasteiger charge is -2.26. The normalized spacial score (nSPS) is 11.6. The minimum atomic E-state index is 0. The molecule has 0 fully saturated rings. The van der Waals surface area contributed by atoms with Gasteiger partial charge in [0.2, 0.25) is 0 Å². The predicted octanol–water partition coefficient (Wildman–Crippen LogP) is 3.68. The minimum absolute atomic E-state index is 0. The molecule has 2 aromatic rings. The lowest BCUT2D eigenvalue weighted by molar-refractivity contribution is 0.359. The lowest BCUT2D eigenvalue weighted by Crippen LogP contribution is -2.43. The van der Waals surface area contributed by atoms with Crippen molar-refractivity contribution in [1.82, 2.24) is 15.6 Å². The quantitative estimate of drug-likeness (QED) is 0.383. The van der Waals surface area contributed by atoms with Crippen molar-refractivity contribution in [2.75, 3.05) is 20.1 Å². The first-order chi connectivity index (χ1) is 11.6. The molecule has 0 saturated heterocycles. The first-order valence-electron chi connectivity index (χ1n) is 8.47. The third-order valence-electron chi connectivity index (χ3n) is 3.88. The molecule has 0 aliphatic heterocycles. The van der Waals surface area contributed by atoms with Crippen LogP contribution in [0.2, 0.25) is 0 Å². The van der Waals surface area contributed by atoms with Gasteiger partial charge in [0, 0.05) is 38.4 Å². The second-order valence-corrected chi connectivity index (χ2v) is 6.75. The standard InChI is InChI=1S/C20H28N4.HI/c1-20(2,15-17-9-5-4-6-10-17)16-24-19(21-3)23-14-12-18-11-7-8-13-22-18;/h4-11,13H,12,14-16H2,1-3H3,(H2,21,23,24);1H. The number of aliphatic imine (C=N–C) groups is 1. The first kappa shape index (κ1) is 21.4. The number of halogens is 1. The summed E-state index contributed by atoms with van der Waals surface area (Å²) < 4.78 is 0. The Hall–Kier alpha value is -1.63. The molecule has 0 aliphatic rings. The van der Waals surface area contributed by atoms with Gasteiger partial charge in [-0.3, -0.25) is 9.98 Å². The van der Waals surface area contributed by atoms with Gasteiger partial charge in [0.15, 0.2) is 5.96 Å². The Morgan fingerprint density at radius 2 is 1.76 bits per heavy atom. The maximum absolute atomic E-state index is 4.33. The summed E-state index contributed by atoms with van der Waals surface area (Å²) in [5, 5.41) is 6.79. The van der Waals surface area contributed by atoms with Crippen molar-refractivity contribution < 1.29 is 0 Å². The highest BCUT2D eigenvalue weighted by Gasteiger charge is 2.18. The molecule has 0 atom stereocenters. The van der Waals surface area contributed by atoms with Gasteiger partial charge in [-0.25, -0.2) is 0 Å². The maximum atomic E-state index is 4.33. The fourth-order valence-electron chi connectivity index (χ4n) is 2.61. The molecule has 1 heterocycles. The van der Waals surface area contributed by atoms with Gasteiger partial charge in [-0.05, 0) is 29.5 Å². The fourth-order valence-corrected chi connectivity index (χ4v) is 2.61. The average Bonchev–Trinajstić information content (AvgIpc) is 2.59. The van der Waals surface area contributed by atoms with E-state index >= 15 is 0 Å². The highest BCUT2D eigenvalue weighted by atomic mass is 127. The molecule has 0 amide bonds. The van der Waals surface area contributed by atoms with Crippen molar-refractivity contribution >= 4 is 29.9 Å². The number of benzene rings is 1. The molecule has 0 bridgehead atoms. The molecule has 0 unspecified atom stereocenters. The van der Waals surface area contributed by atoms with Gasteiger partial charge in [0.25, 0.3) is 0 Å². The molecular formula is C20H29IN4. The Morgan fingerprint density at radius 3 is 2.40 bits per heavy atom. The molecule has 0 saturated carbocycles. The van der Waals surface area contributed by atoms with E-state index in [1.807, 2.05) is 24.4 Å². The van der Waals surface area contributed by atoms with Gasteiger partial charge in [0.1, 0.15) is 0 Å². The molecule has 2 rings (SSSR count).